The van der Waals surface area contributed by atoms with Gasteiger partial charge in [-0.15, -0.1) is 0 Å². The van der Waals surface area contributed by atoms with E-state index in [1.807, 2.05) is 6.07 Å². The number of furan rings is 1. The van der Waals surface area contributed by atoms with Gasteiger partial charge in [-0.2, -0.15) is 0 Å². The summed E-state index contributed by atoms with van der Waals surface area (Å²) in [5.41, 5.74) is 15.4. The largest absolute Gasteiger partial charge is 0.454 e. The number of hydrogen-bond acceptors (Lipinski definition) is 2. The number of fused-ring (bicyclic) bond motifs is 12. The first kappa shape index (κ1) is 39.0. The molecule has 0 fully saturated rings. The Morgan fingerprint density at radius 3 is 1.35 bits per heavy atom. The van der Waals surface area contributed by atoms with Crippen LogP contribution in [-0.2, 0) is 0 Å². The smallest absolute Gasteiger partial charge is 0.159 e. The van der Waals surface area contributed by atoms with Gasteiger partial charge in [0.15, 0.2) is 5.58 Å². The molecule has 0 amide bonds. The highest BCUT2D eigenvalue weighted by Gasteiger charge is 2.21. The number of benzene rings is 12. The average Bonchev–Trinajstić information content (AvgIpc) is 3.97. The van der Waals surface area contributed by atoms with Crippen molar-refractivity contribution in [3.05, 3.63) is 255 Å². The van der Waals surface area contributed by atoms with Gasteiger partial charge in [-0.3, -0.25) is 0 Å². The van der Waals surface area contributed by atoms with Gasteiger partial charge in [-0.1, -0.05) is 182 Å². The lowest BCUT2D eigenvalue weighted by atomic mass is 9.94. The Morgan fingerprint density at radius 1 is 0.275 bits per heavy atom. The molecule has 0 aliphatic carbocycles. The SMILES string of the molecule is c1ccc(-c2ccc(-n3c4ccc(-c5ccccc5)cc4c4cc(-c5ccc(N(c6ccc7c8ccccc8c8ccccc8c7c6)c6cccc7c6oc6ccccc67)cc5)ccc43)cc2)cc1. The summed E-state index contributed by atoms with van der Waals surface area (Å²) in [6.07, 6.45) is 0. The van der Waals surface area contributed by atoms with Crippen LogP contribution in [0.3, 0.4) is 0 Å². The first-order valence-corrected chi connectivity index (χ1v) is 23.7. The normalized spacial score (nSPS) is 11.8. The maximum absolute atomic E-state index is 6.74. The highest BCUT2D eigenvalue weighted by molar-refractivity contribution is 6.26. The number of anilines is 3. The minimum Gasteiger partial charge on any atom is -0.454 e. The summed E-state index contributed by atoms with van der Waals surface area (Å²) >= 11 is 0. The van der Waals surface area contributed by atoms with E-state index in [1.54, 1.807) is 0 Å². The standard InChI is InChI=1S/C66H42N2O/c1-3-14-43(15-4-1)45-26-34-50(35-27-45)68-62-38-30-47(44-16-5-2-6-17-44)40-60(62)61-41-48(31-39-63(61)68)46-28-32-49(33-29-46)67(64-24-13-23-58-57-22-11-12-25-65(57)69-66(58)64)51-36-37-56-54-20-8-7-18-52(54)53-19-9-10-21-55(53)59(56)42-51/h1-42H. The Hall–Kier alpha value is -9.18. The number of rotatable bonds is 7. The Morgan fingerprint density at radius 2 is 0.725 bits per heavy atom. The highest BCUT2D eigenvalue weighted by Crippen LogP contribution is 2.45. The van der Waals surface area contributed by atoms with Gasteiger partial charge in [0, 0.05) is 38.6 Å². The molecule has 0 bridgehead atoms. The summed E-state index contributed by atoms with van der Waals surface area (Å²) in [6.45, 7) is 0. The number of para-hydroxylation sites is 2. The molecule has 0 spiro atoms. The number of nitrogens with zero attached hydrogens (tertiary/aromatic N) is 2. The maximum Gasteiger partial charge on any atom is 0.159 e. The molecule has 3 heteroatoms. The van der Waals surface area contributed by atoms with Gasteiger partial charge < -0.3 is 13.9 Å². The van der Waals surface area contributed by atoms with Gasteiger partial charge in [0.25, 0.3) is 0 Å². The number of aromatic nitrogens is 1. The average molecular weight is 879 g/mol. The summed E-state index contributed by atoms with van der Waals surface area (Å²) in [5.74, 6) is 0. The molecule has 0 saturated heterocycles. The van der Waals surface area contributed by atoms with E-state index >= 15 is 0 Å². The van der Waals surface area contributed by atoms with Crippen molar-refractivity contribution in [2.45, 2.75) is 0 Å². The first-order chi connectivity index (χ1) is 34.2. The van der Waals surface area contributed by atoms with Crippen LogP contribution in [-0.4, -0.2) is 4.57 Å². The van der Waals surface area contributed by atoms with Crippen LogP contribution >= 0.6 is 0 Å². The molecule has 0 atom stereocenters. The summed E-state index contributed by atoms with van der Waals surface area (Å²) in [7, 11) is 0. The molecule has 0 aliphatic heterocycles. The second-order valence-corrected chi connectivity index (χ2v) is 18.0. The van der Waals surface area contributed by atoms with Crippen molar-refractivity contribution in [2.24, 2.45) is 0 Å². The molecular weight excluding hydrogens is 837 g/mol. The van der Waals surface area contributed by atoms with Crippen molar-refractivity contribution in [1.29, 1.82) is 0 Å². The zero-order valence-corrected chi connectivity index (χ0v) is 37.6. The zero-order valence-electron chi connectivity index (χ0n) is 37.6. The van der Waals surface area contributed by atoms with E-state index in [-0.39, 0.29) is 0 Å². The third kappa shape index (κ3) is 6.36. The van der Waals surface area contributed by atoms with Crippen LogP contribution in [0.1, 0.15) is 0 Å². The number of hydrogen-bond donors (Lipinski definition) is 0. The molecule has 2 heterocycles. The Labute approximate surface area is 399 Å². The molecule has 14 rings (SSSR count). The third-order valence-corrected chi connectivity index (χ3v) is 14.2. The molecule has 14 aromatic rings. The van der Waals surface area contributed by atoms with E-state index in [0.29, 0.717) is 0 Å². The van der Waals surface area contributed by atoms with Gasteiger partial charge in [0.2, 0.25) is 0 Å². The second kappa shape index (κ2) is 15.7. The van der Waals surface area contributed by atoms with E-state index in [2.05, 4.69) is 258 Å². The Balaban J connectivity index is 0.925. The highest BCUT2D eigenvalue weighted by atomic mass is 16.3. The molecule has 0 N–H and O–H groups in total. The topological polar surface area (TPSA) is 21.3 Å². The van der Waals surface area contributed by atoms with Crippen molar-refractivity contribution < 1.29 is 4.42 Å². The fraction of sp³-hybridized carbons (Fsp3) is 0. The van der Waals surface area contributed by atoms with E-state index in [9.17, 15) is 0 Å². The molecule has 0 saturated carbocycles. The van der Waals surface area contributed by atoms with E-state index in [0.717, 1.165) is 55.8 Å². The summed E-state index contributed by atoms with van der Waals surface area (Å²) < 4.78 is 9.15. The monoisotopic (exact) mass is 878 g/mol. The van der Waals surface area contributed by atoms with Crippen LogP contribution in [0.5, 0.6) is 0 Å². The Bertz CT molecular complexity index is 4240. The van der Waals surface area contributed by atoms with Crippen molar-refractivity contribution in [3.8, 4) is 39.1 Å². The van der Waals surface area contributed by atoms with Gasteiger partial charge in [-0.25, -0.2) is 0 Å². The summed E-state index contributed by atoms with van der Waals surface area (Å²) in [6, 6.07) is 92.4. The van der Waals surface area contributed by atoms with Crippen LogP contribution in [0, 0.1) is 0 Å². The zero-order chi connectivity index (χ0) is 45.4. The molecule has 0 radical (unpaired) electrons. The Kier molecular flexibility index (Phi) is 8.90. The molecule has 322 valence electrons. The molecule has 12 aromatic carbocycles. The van der Waals surface area contributed by atoms with Gasteiger partial charge in [0.05, 0.1) is 16.7 Å². The molecular formula is C66H42N2O. The van der Waals surface area contributed by atoms with Crippen LogP contribution in [0.2, 0.25) is 0 Å². The van der Waals surface area contributed by atoms with Crippen LogP contribution < -0.4 is 4.90 Å². The van der Waals surface area contributed by atoms with E-state index in [1.165, 1.54) is 76.4 Å². The maximum atomic E-state index is 6.74. The van der Waals surface area contributed by atoms with Gasteiger partial charge >= 0.3 is 0 Å². The van der Waals surface area contributed by atoms with Crippen LogP contribution in [0.15, 0.2) is 259 Å². The molecule has 0 aliphatic rings. The minimum absolute atomic E-state index is 0.859. The lowest BCUT2D eigenvalue weighted by Crippen LogP contribution is -2.10. The first-order valence-electron chi connectivity index (χ1n) is 23.7. The van der Waals surface area contributed by atoms with Crippen molar-refractivity contribution in [1.82, 2.24) is 4.57 Å². The molecule has 69 heavy (non-hydrogen) atoms. The third-order valence-electron chi connectivity index (χ3n) is 14.2. The summed E-state index contributed by atoms with van der Waals surface area (Å²) in [4.78, 5) is 2.36. The van der Waals surface area contributed by atoms with Crippen LogP contribution in [0.25, 0.3) is 115 Å². The second-order valence-electron chi connectivity index (χ2n) is 18.0. The van der Waals surface area contributed by atoms with Crippen molar-refractivity contribution in [2.75, 3.05) is 4.90 Å². The molecule has 3 nitrogen and oxygen atoms in total. The fourth-order valence-electron chi connectivity index (χ4n) is 10.9. The predicted molar refractivity (Wildman–Crippen MR) is 292 cm³/mol. The van der Waals surface area contributed by atoms with Crippen molar-refractivity contribution >= 4 is 93.1 Å². The molecule has 2 aromatic heterocycles. The van der Waals surface area contributed by atoms with E-state index in [4.69, 9.17) is 4.42 Å². The minimum atomic E-state index is 0.859. The van der Waals surface area contributed by atoms with Crippen LogP contribution in [0.4, 0.5) is 17.1 Å². The predicted octanol–water partition coefficient (Wildman–Crippen LogP) is 18.6. The van der Waals surface area contributed by atoms with Crippen molar-refractivity contribution in [3.63, 3.8) is 0 Å². The van der Waals surface area contributed by atoms with E-state index < -0.39 is 0 Å². The summed E-state index contributed by atoms with van der Waals surface area (Å²) in [5, 5.41) is 12.1. The lowest BCUT2D eigenvalue weighted by Gasteiger charge is -2.26. The lowest BCUT2D eigenvalue weighted by molar-refractivity contribution is 0.669. The van der Waals surface area contributed by atoms with Gasteiger partial charge in [0.1, 0.15) is 5.58 Å². The fourth-order valence-corrected chi connectivity index (χ4v) is 10.9. The van der Waals surface area contributed by atoms with Gasteiger partial charge in [-0.05, 0) is 138 Å². The molecule has 0 unspecified atom stereocenters. The quantitative estimate of drug-likeness (QED) is 0.149.